The van der Waals surface area contributed by atoms with Crippen LogP contribution in [0.3, 0.4) is 0 Å². The number of methoxy groups -OCH3 is 2. The van der Waals surface area contributed by atoms with Crippen molar-refractivity contribution in [2.45, 2.75) is 6.92 Å². The number of benzene rings is 1. The molecule has 0 atom stereocenters. The molecule has 0 spiro atoms. The molecule has 0 amide bonds. The number of carbonyl (C=O) groups is 1. The van der Waals surface area contributed by atoms with Crippen molar-refractivity contribution in [2.24, 2.45) is 0 Å². The monoisotopic (exact) mass is 361 g/mol. The summed E-state index contributed by atoms with van der Waals surface area (Å²) in [7, 11) is 3.05. The second-order valence-electron chi connectivity index (χ2n) is 4.78. The molecule has 0 bridgehead atoms. The van der Waals surface area contributed by atoms with Crippen LogP contribution >= 0.6 is 11.6 Å². The van der Waals surface area contributed by atoms with Gasteiger partial charge in [-0.25, -0.2) is 9.78 Å². The number of carbonyl (C=O) groups excluding carboxylic acids is 1. The number of rotatable bonds is 6. The standard InChI is InChI=1S/C17H16ClN3O4/c1-4-25-17(22)14-5-10(9-19)15(18)21-16(14)20-11-6-12(23-2)8-13(7-11)24-3/h5-8H,4H2,1-3H3,(H,20,21). The molecule has 2 rings (SSSR count). The number of anilines is 2. The predicted octanol–water partition coefficient (Wildman–Crippen LogP) is 3.54. The van der Waals surface area contributed by atoms with Gasteiger partial charge in [-0.1, -0.05) is 11.6 Å². The van der Waals surface area contributed by atoms with Crippen LogP contribution in [0.2, 0.25) is 5.15 Å². The lowest BCUT2D eigenvalue weighted by Crippen LogP contribution is -2.10. The summed E-state index contributed by atoms with van der Waals surface area (Å²) in [5.74, 6) is 0.664. The summed E-state index contributed by atoms with van der Waals surface area (Å²) >= 11 is 5.99. The molecule has 130 valence electrons. The number of halogens is 1. The molecule has 1 heterocycles. The SMILES string of the molecule is CCOC(=O)c1cc(C#N)c(Cl)nc1Nc1cc(OC)cc(OC)c1. The van der Waals surface area contributed by atoms with Crippen molar-refractivity contribution in [3.63, 3.8) is 0 Å². The van der Waals surface area contributed by atoms with Gasteiger partial charge in [0.05, 0.1) is 26.4 Å². The van der Waals surface area contributed by atoms with E-state index < -0.39 is 5.97 Å². The highest BCUT2D eigenvalue weighted by molar-refractivity contribution is 6.30. The van der Waals surface area contributed by atoms with E-state index in [4.69, 9.17) is 31.1 Å². The molecular weight excluding hydrogens is 346 g/mol. The van der Waals surface area contributed by atoms with Crippen LogP contribution in [0.15, 0.2) is 24.3 Å². The fraction of sp³-hybridized carbons (Fsp3) is 0.235. The first-order chi connectivity index (χ1) is 12.0. The van der Waals surface area contributed by atoms with Gasteiger partial charge in [-0.15, -0.1) is 0 Å². The minimum atomic E-state index is -0.611. The first-order valence-electron chi connectivity index (χ1n) is 7.30. The van der Waals surface area contributed by atoms with Crippen LogP contribution < -0.4 is 14.8 Å². The number of nitriles is 1. The molecule has 1 N–H and O–H groups in total. The number of aromatic nitrogens is 1. The fourth-order valence-corrected chi connectivity index (χ4v) is 2.23. The molecule has 0 unspecified atom stereocenters. The smallest absolute Gasteiger partial charge is 0.341 e. The van der Waals surface area contributed by atoms with Crippen LogP contribution in [0.4, 0.5) is 11.5 Å². The lowest BCUT2D eigenvalue weighted by Gasteiger charge is -2.13. The third-order valence-electron chi connectivity index (χ3n) is 3.21. The first-order valence-corrected chi connectivity index (χ1v) is 7.68. The fourth-order valence-electron chi connectivity index (χ4n) is 2.05. The Morgan fingerprint density at radius 3 is 2.40 bits per heavy atom. The van der Waals surface area contributed by atoms with Crippen molar-refractivity contribution in [1.29, 1.82) is 5.26 Å². The molecule has 0 radical (unpaired) electrons. The summed E-state index contributed by atoms with van der Waals surface area (Å²) in [5, 5.41) is 12.1. The Labute approximate surface area is 150 Å². The van der Waals surface area contributed by atoms with E-state index in [0.717, 1.165) is 0 Å². The summed E-state index contributed by atoms with van der Waals surface area (Å²) < 4.78 is 15.4. The number of esters is 1. The zero-order valence-electron chi connectivity index (χ0n) is 13.9. The topological polar surface area (TPSA) is 93.5 Å². The molecular formula is C17H16ClN3O4. The van der Waals surface area contributed by atoms with Crippen molar-refractivity contribution in [2.75, 3.05) is 26.1 Å². The average molecular weight is 362 g/mol. The lowest BCUT2D eigenvalue weighted by atomic mass is 10.2. The summed E-state index contributed by atoms with van der Waals surface area (Å²) in [6, 6.07) is 8.33. The third-order valence-corrected chi connectivity index (χ3v) is 3.49. The molecule has 2 aromatic rings. The van der Waals surface area contributed by atoms with Crippen molar-refractivity contribution in [3.05, 3.63) is 40.5 Å². The van der Waals surface area contributed by atoms with Crippen LogP contribution in [-0.2, 0) is 4.74 Å². The van der Waals surface area contributed by atoms with Gasteiger partial charge >= 0.3 is 5.97 Å². The summed E-state index contributed by atoms with van der Waals surface area (Å²) in [5.41, 5.74) is 0.748. The molecule has 7 nitrogen and oxygen atoms in total. The van der Waals surface area contributed by atoms with Crippen molar-refractivity contribution in [3.8, 4) is 17.6 Å². The van der Waals surface area contributed by atoms with Gasteiger partial charge in [-0.05, 0) is 13.0 Å². The number of hydrogen-bond donors (Lipinski definition) is 1. The molecule has 0 aliphatic rings. The normalized spacial score (nSPS) is 9.88. The molecule has 0 aliphatic heterocycles. The highest BCUT2D eigenvalue weighted by Gasteiger charge is 2.18. The van der Waals surface area contributed by atoms with Crippen LogP contribution in [0.1, 0.15) is 22.8 Å². The van der Waals surface area contributed by atoms with Crippen LogP contribution in [-0.4, -0.2) is 31.8 Å². The Hall–Kier alpha value is -2.98. The summed E-state index contributed by atoms with van der Waals surface area (Å²) in [4.78, 5) is 16.3. The number of nitrogens with zero attached hydrogens (tertiary/aromatic N) is 2. The largest absolute Gasteiger partial charge is 0.497 e. The average Bonchev–Trinajstić information content (AvgIpc) is 2.61. The number of hydrogen-bond acceptors (Lipinski definition) is 7. The Morgan fingerprint density at radius 1 is 1.24 bits per heavy atom. The second-order valence-corrected chi connectivity index (χ2v) is 5.14. The predicted molar refractivity (Wildman–Crippen MR) is 92.7 cm³/mol. The van der Waals surface area contributed by atoms with E-state index in [9.17, 15) is 4.79 Å². The number of nitrogens with one attached hydrogen (secondary N) is 1. The van der Waals surface area contributed by atoms with Gasteiger partial charge in [0.2, 0.25) is 0 Å². The zero-order chi connectivity index (χ0) is 18.4. The molecule has 0 saturated carbocycles. The molecule has 0 aliphatic carbocycles. The van der Waals surface area contributed by atoms with Crippen molar-refractivity contribution < 1.29 is 19.0 Å². The molecule has 0 fully saturated rings. The van der Waals surface area contributed by atoms with E-state index >= 15 is 0 Å². The van der Waals surface area contributed by atoms with E-state index in [1.165, 1.54) is 20.3 Å². The Balaban J connectivity index is 2.50. The zero-order valence-corrected chi connectivity index (χ0v) is 14.7. The molecule has 1 aromatic carbocycles. The minimum absolute atomic E-state index is 0.0205. The van der Waals surface area contributed by atoms with Crippen molar-refractivity contribution in [1.82, 2.24) is 4.98 Å². The first kappa shape index (κ1) is 18.4. The Kier molecular flexibility index (Phi) is 6.03. The Bertz CT molecular complexity index is 811. The van der Waals surface area contributed by atoms with Gasteiger partial charge in [-0.2, -0.15) is 5.26 Å². The molecule has 1 aromatic heterocycles. The molecule has 0 saturated heterocycles. The third kappa shape index (κ3) is 4.31. The van der Waals surface area contributed by atoms with Gasteiger partial charge in [0, 0.05) is 23.9 Å². The number of ether oxygens (including phenoxy) is 3. The van der Waals surface area contributed by atoms with Crippen LogP contribution in [0.25, 0.3) is 0 Å². The van der Waals surface area contributed by atoms with Gasteiger partial charge in [0.15, 0.2) is 0 Å². The van der Waals surface area contributed by atoms with E-state index in [1.807, 2.05) is 6.07 Å². The number of pyridine rings is 1. The maximum absolute atomic E-state index is 12.2. The lowest BCUT2D eigenvalue weighted by molar-refractivity contribution is 0.0527. The molecule has 25 heavy (non-hydrogen) atoms. The van der Waals surface area contributed by atoms with E-state index in [0.29, 0.717) is 17.2 Å². The summed E-state index contributed by atoms with van der Waals surface area (Å²) in [6.45, 7) is 1.88. The van der Waals surface area contributed by atoms with Gasteiger partial charge in [0.25, 0.3) is 0 Å². The summed E-state index contributed by atoms with van der Waals surface area (Å²) in [6.07, 6.45) is 0. The Morgan fingerprint density at radius 2 is 1.88 bits per heavy atom. The highest BCUT2D eigenvalue weighted by Crippen LogP contribution is 2.30. The van der Waals surface area contributed by atoms with E-state index in [-0.39, 0.29) is 28.7 Å². The van der Waals surface area contributed by atoms with Crippen LogP contribution in [0, 0.1) is 11.3 Å². The molecule has 8 heteroatoms. The van der Waals surface area contributed by atoms with E-state index in [2.05, 4.69) is 10.3 Å². The van der Waals surface area contributed by atoms with Crippen LogP contribution in [0.5, 0.6) is 11.5 Å². The quantitative estimate of drug-likeness (QED) is 0.621. The van der Waals surface area contributed by atoms with Gasteiger partial charge < -0.3 is 19.5 Å². The van der Waals surface area contributed by atoms with Gasteiger partial charge in [-0.3, -0.25) is 0 Å². The van der Waals surface area contributed by atoms with Crippen molar-refractivity contribution >= 4 is 29.1 Å². The van der Waals surface area contributed by atoms with Gasteiger partial charge in [0.1, 0.15) is 34.1 Å². The van der Waals surface area contributed by atoms with E-state index in [1.54, 1.807) is 25.1 Å². The maximum Gasteiger partial charge on any atom is 0.341 e. The highest BCUT2D eigenvalue weighted by atomic mass is 35.5. The second kappa shape index (κ2) is 8.22. The minimum Gasteiger partial charge on any atom is -0.497 e. The maximum atomic E-state index is 12.2.